The van der Waals surface area contributed by atoms with Crippen molar-refractivity contribution in [1.82, 2.24) is 4.90 Å². The maximum Gasteiger partial charge on any atom is 0.335 e. The Bertz CT molecular complexity index is 648. The van der Waals surface area contributed by atoms with Gasteiger partial charge in [-0.25, -0.2) is 4.79 Å². The normalized spacial score (nSPS) is 17.3. The average molecular weight is 325 g/mol. The lowest BCUT2D eigenvalue weighted by atomic mass is 10.1. The van der Waals surface area contributed by atoms with Crippen molar-refractivity contribution in [3.8, 4) is 0 Å². The van der Waals surface area contributed by atoms with Crippen LogP contribution in [0.1, 0.15) is 27.9 Å². The molecular weight excluding hydrogens is 302 g/mol. The standard InChI is InChI=1S/C20H23NO3/c22-20(23)18-8-6-17(7-9-18)14-21(19-11-13-24-15-19)12-10-16-4-2-1-3-5-16/h1-9,19H,10-15H2,(H,22,23). The lowest BCUT2D eigenvalue weighted by Gasteiger charge is -2.28. The molecule has 0 amide bonds. The first-order valence-corrected chi connectivity index (χ1v) is 8.40. The van der Waals surface area contributed by atoms with Crippen molar-refractivity contribution in [3.05, 3.63) is 71.3 Å². The Morgan fingerprint density at radius 1 is 1.08 bits per heavy atom. The van der Waals surface area contributed by atoms with Crippen molar-refractivity contribution in [3.63, 3.8) is 0 Å². The van der Waals surface area contributed by atoms with Gasteiger partial charge in [-0.1, -0.05) is 42.5 Å². The zero-order valence-corrected chi connectivity index (χ0v) is 13.7. The highest BCUT2D eigenvalue weighted by Crippen LogP contribution is 2.17. The van der Waals surface area contributed by atoms with E-state index in [0.717, 1.165) is 44.7 Å². The molecule has 2 aromatic rings. The number of aromatic carboxylic acids is 1. The van der Waals surface area contributed by atoms with Gasteiger partial charge in [0.2, 0.25) is 0 Å². The molecule has 0 bridgehead atoms. The number of hydrogen-bond acceptors (Lipinski definition) is 3. The molecule has 1 atom stereocenters. The van der Waals surface area contributed by atoms with E-state index in [1.807, 2.05) is 18.2 Å². The van der Waals surface area contributed by atoms with Crippen molar-refractivity contribution in [1.29, 1.82) is 0 Å². The minimum atomic E-state index is -0.883. The van der Waals surface area contributed by atoms with Gasteiger partial charge in [0.05, 0.1) is 12.2 Å². The van der Waals surface area contributed by atoms with Gasteiger partial charge < -0.3 is 9.84 Å². The van der Waals surface area contributed by atoms with Crippen molar-refractivity contribution in [2.24, 2.45) is 0 Å². The Morgan fingerprint density at radius 2 is 1.83 bits per heavy atom. The summed E-state index contributed by atoms with van der Waals surface area (Å²) >= 11 is 0. The molecular formula is C20H23NO3. The van der Waals surface area contributed by atoms with Crippen LogP contribution in [0.15, 0.2) is 54.6 Å². The molecule has 2 aromatic carbocycles. The van der Waals surface area contributed by atoms with E-state index in [-0.39, 0.29) is 0 Å². The number of nitrogens with zero attached hydrogens (tertiary/aromatic N) is 1. The first kappa shape index (κ1) is 16.7. The Kier molecular flexibility index (Phi) is 5.62. The van der Waals surface area contributed by atoms with Crippen LogP contribution in [-0.4, -0.2) is 41.8 Å². The van der Waals surface area contributed by atoms with Crippen LogP contribution in [0.2, 0.25) is 0 Å². The number of carboxylic acids is 1. The predicted octanol–water partition coefficient (Wildman–Crippen LogP) is 3.22. The highest BCUT2D eigenvalue weighted by Gasteiger charge is 2.23. The van der Waals surface area contributed by atoms with E-state index in [1.165, 1.54) is 5.56 Å². The highest BCUT2D eigenvalue weighted by molar-refractivity contribution is 5.87. The zero-order chi connectivity index (χ0) is 16.8. The van der Waals surface area contributed by atoms with Gasteiger partial charge in [0.1, 0.15) is 0 Å². The van der Waals surface area contributed by atoms with E-state index in [4.69, 9.17) is 9.84 Å². The van der Waals surface area contributed by atoms with Gasteiger partial charge in [-0.05, 0) is 36.1 Å². The van der Waals surface area contributed by atoms with Crippen LogP contribution in [0.4, 0.5) is 0 Å². The van der Waals surface area contributed by atoms with Gasteiger partial charge in [-0.2, -0.15) is 0 Å². The fourth-order valence-corrected chi connectivity index (χ4v) is 3.11. The molecule has 1 N–H and O–H groups in total. The molecule has 0 radical (unpaired) electrons. The fourth-order valence-electron chi connectivity index (χ4n) is 3.11. The number of carboxylic acid groups (broad SMARTS) is 1. The molecule has 0 spiro atoms. The van der Waals surface area contributed by atoms with Crippen molar-refractivity contribution < 1.29 is 14.6 Å². The van der Waals surface area contributed by atoms with Crippen LogP contribution in [-0.2, 0) is 17.7 Å². The molecule has 24 heavy (non-hydrogen) atoms. The summed E-state index contributed by atoms with van der Waals surface area (Å²) in [6.07, 6.45) is 2.06. The quantitative estimate of drug-likeness (QED) is 0.849. The molecule has 1 aliphatic rings. The molecule has 126 valence electrons. The van der Waals surface area contributed by atoms with Gasteiger partial charge in [0.15, 0.2) is 0 Å². The monoisotopic (exact) mass is 325 g/mol. The van der Waals surface area contributed by atoms with Crippen LogP contribution in [0, 0.1) is 0 Å². The number of ether oxygens (including phenoxy) is 1. The first-order chi connectivity index (χ1) is 11.7. The summed E-state index contributed by atoms with van der Waals surface area (Å²) in [5, 5.41) is 9.01. The maximum atomic E-state index is 11.0. The summed E-state index contributed by atoms with van der Waals surface area (Å²) in [4.78, 5) is 13.4. The summed E-state index contributed by atoms with van der Waals surface area (Å²) in [5.74, 6) is -0.883. The third-order valence-electron chi connectivity index (χ3n) is 4.54. The molecule has 1 heterocycles. The van der Waals surface area contributed by atoms with Gasteiger partial charge >= 0.3 is 5.97 Å². The first-order valence-electron chi connectivity index (χ1n) is 8.40. The lowest BCUT2D eigenvalue weighted by Crippen LogP contribution is -2.36. The topological polar surface area (TPSA) is 49.8 Å². The van der Waals surface area contributed by atoms with Crippen LogP contribution in [0.5, 0.6) is 0 Å². The largest absolute Gasteiger partial charge is 0.478 e. The summed E-state index contributed by atoms with van der Waals surface area (Å²) in [6.45, 7) is 3.39. The van der Waals surface area contributed by atoms with Gasteiger partial charge in [-0.3, -0.25) is 4.90 Å². The van der Waals surface area contributed by atoms with E-state index >= 15 is 0 Å². The van der Waals surface area contributed by atoms with Crippen molar-refractivity contribution in [2.75, 3.05) is 19.8 Å². The number of benzene rings is 2. The van der Waals surface area contributed by atoms with Gasteiger partial charge in [0.25, 0.3) is 0 Å². The zero-order valence-electron chi connectivity index (χ0n) is 13.7. The smallest absolute Gasteiger partial charge is 0.335 e. The van der Waals surface area contributed by atoms with E-state index in [1.54, 1.807) is 12.1 Å². The molecule has 1 fully saturated rings. The van der Waals surface area contributed by atoms with Crippen LogP contribution in [0.3, 0.4) is 0 Å². The SMILES string of the molecule is O=C(O)c1ccc(CN(CCc2ccccc2)C2CCOC2)cc1. The Labute approximate surface area is 142 Å². The third kappa shape index (κ3) is 4.43. The molecule has 4 nitrogen and oxygen atoms in total. The summed E-state index contributed by atoms with van der Waals surface area (Å²) < 4.78 is 5.56. The van der Waals surface area contributed by atoms with Crippen LogP contribution < -0.4 is 0 Å². The maximum absolute atomic E-state index is 11.0. The minimum Gasteiger partial charge on any atom is -0.478 e. The molecule has 3 rings (SSSR count). The molecule has 1 unspecified atom stereocenters. The molecule has 0 saturated carbocycles. The van der Waals surface area contributed by atoms with Crippen LogP contribution in [0.25, 0.3) is 0 Å². The third-order valence-corrected chi connectivity index (χ3v) is 4.54. The second kappa shape index (κ2) is 8.08. The number of hydrogen-bond donors (Lipinski definition) is 1. The minimum absolute atomic E-state index is 0.332. The Balaban J connectivity index is 1.66. The van der Waals surface area contributed by atoms with Gasteiger partial charge in [-0.15, -0.1) is 0 Å². The fraction of sp³-hybridized carbons (Fsp3) is 0.350. The van der Waals surface area contributed by atoms with E-state index in [9.17, 15) is 4.79 Å². The Morgan fingerprint density at radius 3 is 2.46 bits per heavy atom. The van der Waals surface area contributed by atoms with E-state index in [0.29, 0.717) is 11.6 Å². The second-order valence-corrected chi connectivity index (χ2v) is 6.23. The summed E-state index contributed by atoms with van der Waals surface area (Å²) in [7, 11) is 0. The predicted molar refractivity (Wildman–Crippen MR) is 93.2 cm³/mol. The van der Waals surface area contributed by atoms with Crippen molar-refractivity contribution in [2.45, 2.75) is 25.4 Å². The van der Waals surface area contributed by atoms with Crippen molar-refractivity contribution >= 4 is 5.97 Å². The Hall–Kier alpha value is -2.17. The van der Waals surface area contributed by atoms with Crippen LogP contribution >= 0.6 is 0 Å². The summed E-state index contributed by atoms with van der Waals surface area (Å²) in [5.41, 5.74) is 2.81. The van der Waals surface area contributed by atoms with E-state index in [2.05, 4.69) is 29.2 Å². The second-order valence-electron chi connectivity index (χ2n) is 6.23. The molecule has 1 aliphatic heterocycles. The number of rotatable bonds is 7. The highest BCUT2D eigenvalue weighted by atomic mass is 16.5. The molecule has 0 aliphatic carbocycles. The molecule has 1 saturated heterocycles. The molecule has 0 aromatic heterocycles. The lowest BCUT2D eigenvalue weighted by molar-refractivity contribution is 0.0697. The van der Waals surface area contributed by atoms with Gasteiger partial charge in [0, 0.05) is 25.7 Å². The number of carbonyl (C=O) groups is 1. The molecule has 4 heteroatoms. The van der Waals surface area contributed by atoms with E-state index < -0.39 is 5.97 Å². The average Bonchev–Trinajstić information content (AvgIpc) is 3.14. The summed E-state index contributed by atoms with van der Waals surface area (Å²) in [6, 6.07) is 18.1.